The molecular formula is C17H22N4O2. The molecule has 0 radical (unpaired) electrons. The molecule has 1 aromatic carbocycles. The summed E-state index contributed by atoms with van der Waals surface area (Å²) in [6.45, 7) is 5.50. The van der Waals surface area contributed by atoms with Crippen molar-refractivity contribution < 1.29 is 0 Å². The van der Waals surface area contributed by atoms with Crippen molar-refractivity contribution in [2.24, 2.45) is 0 Å². The fourth-order valence-corrected chi connectivity index (χ4v) is 3.18. The minimum atomic E-state index is -0.430. The molecule has 1 aromatic heterocycles. The Morgan fingerprint density at radius 1 is 1.17 bits per heavy atom. The van der Waals surface area contributed by atoms with Crippen molar-refractivity contribution in [1.82, 2.24) is 9.88 Å². The van der Waals surface area contributed by atoms with E-state index >= 15 is 0 Å². The molecule has 2 aromatic rings. The van der Waals surface area contributed by atoms with Crippen LogP contribution in [0, 0.1) is 0 Å². The van der Waals surface area contributed by atoms with Gasteiger partial charge >= 0.3 is 0 Å². The van der Waals surface area contributed by atoms with E-state index in [1.54, 1.807) is 12.4 Å². The lowest BCUT2D eigenvalue weighted by Gasteiger charge is -2.24. The summed E-state index contributed by atoms with van der Waals surface area (Å²) >= 11 is 0. The molecule has 122 valence electrons. The molecule has 23 heavy (non-hydrogen) atoms. The Labute approximate surface area is 135 Å². The molecule has 0 saturated carbocycles. The summed E-state index contributed by atoms with van der Waals surface area (Å²) < 4.78 is 0. The van der Waals surface area contributed by atoms with Crippen molar-refractivity contribution in [3.8, 4) is 0 Å². The largest absolute Gasteiger partial charge is 0.378 e. The zero-order chi connectivity index (χ0) is 16.2. The van der Waals surface area contributed by atoms with Crippen molar-refractivity contribution in [3.05, 3.63) is 50.5 Å². The van der Waals surface area contributed by atoms with Crippen molar-refractivity contribution in [3.63, 3.8) is 0 Å². The number of rotatable bonds is 7. The number of hydrogen-bond acceptors (Lipinski definition) is 6. The summed E-state index contributed by atoms with van der Waals surface area (Å²) in [6.07, 6.45) is 5.74. The first kappa shape index (κ1) is 15.7. The van der Waals surface area contributed by atoms with Gasteiger partial charge < -0.3 is 10.6 Å². The minimum Gasteiger partial charge on any atom is -0.378 e. The molecule has 1 aliphatic heterocycles. The lowest BCUT2D eigenvalue weighted by Crippen LogP contribution is -2.41. The molecule has 3 rings (SSSR count). The molecule has 0 bridgehead atoms. The van der Waals surface area contributed by atoms with Gasteiger partial charge in [-0.15, -0.1) is 0 Å². The molecule has 1 atom stereocenters. The number of pyridine rings is 1. The predicted octanol–water partition coefficient (Wildman–Crippen LogP) is 1.19. The van der Waals surface area contributed by atoms with E-state index in [0.29, 0.717) is 30.5 Å². The Balaban J connectivity index is 1.61. The molecule has 0 unspecified atom stereocenters. The van der Waals surface area contributed by atoms with Gasteiger partial charge in [0.2, 0.25) is 0 Å². The Kier molecular flexibility index (Phi) is 4.71. The Bertz CT molecular complexity index is 722. The number of likely N-dealkylation sites (tertiary alicyclic amines) is 1. The van der Waals surface area contributed by atoms with Crippen LogP contribution in [0.2, 0.25) is 0 Å². The van der Waals surface area contributed by atoms with E-state index in [9.17, 15) is 9.59 Å². The first-order valence-corrected chi connectivity index (χ1v) is 8.14. The number of aromatic nitrogens is 1. The van der Waals surface area contributed by atoms with Crippen LogP contribution in [0.3, 0.4) is 0 Å². The van der Waals surface area contributed by atoms with Gasteiger partial charge in [0.25, 0.3) is 10.9 Å². The van der Waals surface area contributed by atoms with E-state index in [4.69, 9.17) is 0 Å². The van der Waals surface area contributed by atoms with E-state index in [0.717, 1.165) is 25.1 Å². The van der Waals surface area contributed by atoms with Gasteiger partial charge in [0.15, 0.2) is 0 Å². The molecule has 2 N–H and O–H groups in total. The van der Waals surface area contributed by atoms with Crippen LogP contribution in [0.5, 0.6) is 0 Å². The molecule has 6 nitrogen and oxygen atoms in total. The molecule has 1 aliphatic rings. The Hall–Kier alpha value is -2.21. The average molecular weight is 314 g/mol. The highest BCUT2D eigenvalue weighted by atomic mass is 16.2. The third-order valence-electron chi connectivity index (χ3n) is 4.55. The fraction of sp³-hybridized carbons (Fsp3) is 0.471. The van der Waals surface area contributed by atoms with E-state index < -0.39 is 10.9 Å². The fourth-order valence-electron chi connectivity index (χ4n) is 3.18. The second kappa shape index (κ2) is 6.91. The third kappa shape index (κ3) is 3.27. The molecule has 6 heteroatoms. The molecule has 0 amide bonds. The molecule has 0 spiro atoms. The number of likely N-dealkylation sites (N-methyl/N-ethyl adjacent to an activating group) is 1. The molecule has 1 fully saturated rings. The van der Waals surface area contributed by atoms with Gasteiger partial charge in [-0.1, -0.05) is 6.92 Å². The van der Waals surface area contributed by atoms with E-state index in [1.807, 2.05) is 12.1 Å². The second-order valence-corrected chi connectivity index (χ2v) is 5.92. The first-order chi connectivity index (χ1) is 11.2. The maximum Gasteiger partial charge on any atom is 0.253 e. The highest BCUT2D eigenvalue weighted by Gasteiger charge is 2.25. The smallest absolute Gasteiger partial charge is 0.253 e. The highest BCUT2D eigenvalue weighted by molar-refractivity contribution is 5.74. The number of hydrogen-bond donors (Lipinski definition) is 2. The van der Waals surface area contributed by atoms with Crippen LogP contribution in [0.4, 0.5) is 11.4 Å². The van der Waals surface area contributed by atoms with Crippen molar-refractivity contribution in [1.29, 1.82) is 0 Å². The molecule has 2 heterocycles. The molecule has 1 saturated heterocycles. The van der Waals surface area contributed by atoms with Crippen LogP contribution in [0.25, 0.3) is 0 Å². The van der Waals surface area contributed by atoms with Crippen molar-refractivity contribution in [2.75, 3.05) is 30.3 Å². The van der Waals surface area contributed by atoms with Crippen LogP contribution in [0.15, 0.2) is 34.1 Å². The summed E-state index contributed by atoms with van der Waals surface area (Å²) in [4.78, 5) is 29.9. The van der Waals surface area contributed by atoms with E-state index in [1.165, 1.54) is 6.42 Å². The summed E-state index contributed by atoms with van der Waals surface area (Å²) in [6, 6.07) is 4.20. The first-order valence-electron chi connectivity index (χ1n) is 8.14. The standard InChI is InChI=1S/C17H22N4O2/c1-2-21-9-3-4-13(21)11-20-15-14(16(22)17(15)23)19-10-12-5-7-18-8-6-12/h5-8,13,19-20H,2-4,9-11H2,1H3/t13-/m0/s1. The Morgan fingerprint density at radius 3 is 2.57 bits per heavy atom. The van der Waals surface area contributed by atoms with Crippen LogP contribution in [-0.4, -0.2) is 35.6 Å². The topological polar surface area (TPSA) is 74.3 Å². The van der Waals surface area contributed by atoms with Gasteiger partial charge in [-0.3, -0.25) is 19.5 Å². The lowest BCUT2D eigenvalue weighted by atomic mass is 10.1. The maximum atomic E-state index is 11.8. The quantitative estimate of drug-likeness (QED) is 0.748. The van der Waals surface area contributed by atoms with Gasteiger partial charge in [0, 0.05) is 31.5 Å². The highest BCUT2D eigenvalue weighted by Crippen LogP contribution is 2.20. The zero-order valence-corrected chi connectivity index (χ0v) is 13.3. The number of anilines is 2. The monoisotopic (exact) mass is 314 g/mol. The molecular weight excluding hydrogens is 292 g/mol. The summed E-state index contributed by atoms with van der Waals surface area (Å²) in [5, 5.41) is 6.26. The van der Waals surface area contributed by atoms with Crippen molar-refractivity contribution in [2.45, 2.75) is 32.4 Å². The van der Waals surface area contributed by atoms with Crippen LogP contribution in [-0.2, 0) is 6.54 Å². The zero-order valence-electron chi connectivity index (χ0n) is 13.3. The minimum absolute atomic E-state index is 0.410. The van der Waals surface area contributed by atoms with Crippen molar-refractivity contribution >= 4 is 11.4 Å². The van der Waals surface area contributed by atoms with E-state index in [2.05, 4.69) is 27.4 Å². The van der Waals surface area contributed by atoms with Gasteiger partial charge in [-0.25, -0.2) is 0 Å². The lowest BCUT2D eigenvalue weighted by molar-refractivity contribution is 0.277. The number of nitrogens with zero attached hydrogens (tertiary/aromatic N) is 2. The molecule has 0 aliphatic carbocycles. The van der Waals surface area contributed by atoms with E-state index in [-0.39, 0.29) is 0 Å². The maximum absolute atomic E-state index is 11.8. The Morgan fingerprint density at radius 2 is 1.87 bits per heavy atom. The summed E-state index contributed by atoms with van der Waals surface area (Å²) in [5.74, 6) is 0. The normalized spacial score (nSPS) is 18.4. The van der Waals surface area contributed by atoms with Gasteiger partial charge in [0.1, 0.15) is 11.4 Å². The summed E-state index contributed by atoms with van der Waals surface area (Å²) in [5.41, 5.74) is 1.02. The predicted molar refractivity (Wildman–Crippen MR) is 91.7 cm³/mol. The number of nitrogens with one attached hydrogen (secondary N) is 2. The SMILES string of the molecule is CCN1CCC[C@H]1CNc1c(NCc2ccncc2)c(=O)c1=O. The average Bonchev–Trinajstić information content (AvgIpc) is 3.05. The van der Waals surface area contributed by atoms with Crippen LogP contribution in [0.1, 0.15) is 25.3 Å². The van der Waals surface area contributed by atoms with Gasteiger partial charge in [-0.2, -0.15) is 0 Å². The van der Waals surface area contributed by atoms with Gasteiger partial charge in [0.05, 0.1) is 0 Å². The van der Waals surface area contributed by atoms with Gasteiger partial charge in [-0.05, 0) is 43.6 Å². The van der Waals surface area contributed by atoms with Crippen LogP contribution < -0.4 is 21.5 Å². The third-order valence-corrected chi connectivity index (χ3v) is 4.55. The second-order valence-electron chi connectivity index (χ2n) is 5.92. The van der Waals surface area contributed by atoms with Crippen LogP contribution >= 0.6 is 0 Å². The summed E-state index contributed by atoms with van der Waals surface area (Å²) in [7, 11) is 0.